The van der Waals surface area contributed by atoms with Crippen molar-refractivity contribution < 1.29 is 13.9 Å². The summed E-state index contributed by atoms with van der Waals surface area (Å²) < 4.78 is 19.1. The highest BCUT2D eigenvalue weighted by Crippen LogP contribution is 2.27. The number of benzene rings is 1. The molecule has 2 atom stereocenters. The number of nitrogens with zero attached hydrogens (tertiary/aromatic N) is 3. The minimum absolute atomic E-state index is 0.109. The molecule has 0 bridgehead atoms. The number of hydrogen-bond donors (Lipinski definition) is 1. The number of rotatable bonds is 5. The second-order valence-electron chi connectivity index (χ2n) is 6.41. The molecule has 2 heterocycles. The lowest BCUT2D eigenvalue weighted by molar-refractivity contribution is 0.177. The van der Waals surface area contributed by atoms with Crippen molar-refractivity contribution >= 4 is 17.9 Å². The number of hydrogen-bond acceptors (Lipinski definition) is 5. The third kappa shape index (κ3) is 3.70. The lowest BCUT2D eigenvalue weighted by Gasteiger charge is -2.24. The van der Waals surface area contributed by atoms with Gasteiger partial charge in [-0.3, -0.25) is 4.90 Å². The van der Waals surface area contributed by atoms with Crippen molar-refractivity contribution in [1.29, 1.82) is 0 Å². The van der Waals surface area contributed by atoms with Crippen LogP contribution in [-0.2, 0) is 4.74 Å². The Bertz CT molecular complexity index is 754. The van der Waals surface area contributed by atoms with Crippen LogP contribution < -0.4 is 10.2 Å². The molecule has 1 amide bonds. The van der Waals surface area contributed by atoms with Gasteiger partial charge in [0.15, 0.2) is 0 Å². The minimum Gasteiger partial charge on any atom is -0.447 e. The summed E-state index contributed by atoms with van der Waals surface area (Å²) in [5.41, 5.74) is 1.03. The predicted molar refractivity (Wildman–Crippen MR) is 92.9 cm³/mol. The van der Waals surface area contributed by atoms with E-state index >= 15 is 0 Å². The Hall–Kier alpha value is -2.70. The van der Waals surface area contributed by atoms with Gasteiger partial charge in [-0.2, -0.15) is 14.4 Å². The molecule has 0 saturated carbocycles. The second kappa shape index (κ2) is 7.04. The van der Waals surface area contributed by atoms with Crippen molar-refractivity contribution in [1.82, 2.24) is 9.97 Å². The number of aromatic nitrogens is 2. The molecule has 0 aliphatic carbocycles. The van der Waals surface area contributed by atoms with E-state index in [2.05, 4.69) is 15.3 Å². The SMILES string of the molecule is CC(Nc1nc(F)cc(N2C(=O)OCC2C(C)C)n1)c1ccccc1. The highest BCUT2D eigenvalue weighted by atomic mass is 19.1. The normalized spacial score (nSPS) is 18.4. The van der Waals surface area contributed by atoms with Crippen LogP contribution in [0.1, 0.15) is 32.4 Å². The molecule has 1 aromatic heterocycles. The summed E-state index contributed by atoms with van der Waals surface area (Å²) in [6.45, 7) is 6.16. The molecule has 1 saturated heterocycles. The van der Waals surface area contributed by atoms with Gasteiger partial charge < -0.3 is 10.1 Å². The molecule has 7 heteroatoms. The van der Waals surface area contributed by atoms with Crippen LogP contribution in [0.25, 0.3) is 0 Å². The topological polar surface area (TPSA) is 67.4 Å². The number of ether oxygens (including phenoxy) is 1. The number of halogens is 1. The molecule has 2 aromatic rings. The van der Waals surface area contributed by atoms with Crippen LogP contribution in [0.15, 0.2) is 36.4 Å². The van der Waals surface area contributed by atoms with Crippen LogP contribution in [0, 0.1) is 11.9 Å². The monoisotopic (exact) mass is 344 g/mol. The van der Waals surface area contributed by atoms with E-state index in [0.29, 0.717) is 0 Å². The Kier molecular flexibility index (Phi) is 4.83. The van der Waals surface area contributed by atoms with Crippen LogP contribution in [0.3, 0.4) is 0 Å². The van der Waals surface area contributed by atoms with E-state index in [1.807, 2.05) is 51.1 Å². The molecule has 1 N–H and O–H groups in total. The van der Waals surface area contributed by atoms with Crippen LogP contribution in [0.5, 0.6) is 0 Å². The molecule has 3 rings (SSSR count). The largest absolute Gasteiger partial charge is 0.447 e. The Morgan fingerprint density at radius 3 is 2.64 bits per heavy atom. The lowest BCUT2D eigenvalue weighted by atomic mass is 10.0. The third-order valence-electron chi connectivity index (χ3n) is 4.25. The van der Waals surface area contributed by atoms with E-state index < -0.39 is 12.0 Å². The number of carbonyl (C=O) groups is 1. The van der Waals surface area contributed by atoms with Crippen molar-refractivity contribution in [2.24, 2.45) is 5.92 Å². The lowest BCUT2D eigenvalue weighted by Crippen LogP contribution is -2.38. The first-order valence-electron chi connectivity index (χ1n) is 8.27. The van der Waals surface area contributed by atoms with Crippen LogP contribution >= 0.6 is 0 Å². The summed E-state index contributed by atoms with van der Waals surface area (Å²) in [6, 6.07) is 10.6. The minimum atomic E-state index is -0.699. The zero-order valence-corrected chi connectivity index (χ0v) is 14.4. The fraction of sp³-hybridized carbons (Fsp3) is 0.389. The van der Waals surface area contributed by atoms with E-state index in [-0.39, 0.29) is 36.4 Å². The van der Waals surface area contributed by atoms with Crippen LogP contribution in [0.2, 0.25) is 0 Å². The highest BCUT2D eigenvalue weighted by Gasteiger charge is 2.37. The van der Waals surface area contributed by atoms with E-state index in [1.54, 1.807) is 0 Å². The molecule has 6 nitrogen and oxygen atoms in total. The number of amides is 1. The Labute approximate surface area is 146 Å². The molecule has 1 aliphatic rings. The van der Waals surface area contributed by atoms with E-state index in [1.165, 1.54) is 4.90 Å². The van der Waals surface area contributed by atoms with E-state index in [0.717, 1.165) is 11.6 Å². The smallest absolute Gasteiger partial charge is 0.415 e. The van der Waals surface area contributed by atoms with Crippen molar-refractivity contribution in [2.45, 2.75) is 32.9 Å². The number of anilines is 2. The first kappa shape index (κ1) is 17.1. The maximum atomic E-state index is 14.0. The van der Waals surface area contributed by atoms with Gasteiger partial charge in [0.05, 0.1) is 12.1 Å². The maximum absolute atomic E-state index is 14.0. The zero-order valence-electron chi connectivity index (χ0n) is 14.4. The van der Waals surface area contributed by atoms with Gasteiger partial charge in [-0.05, 0) is 18.4 Å². The van der Waals surface area contributed by atoms with Gasteiger partial charge in [0.25, 0.3) is 0 Å². The molecule has 1 fully saturated rings. The summed E-state index contributed by atoms with van der Waals surface area (Å²) in [4.78, 5) is 21.6. The maximum Gasteiger partial charge on any atom is 0.415 e. The Morgan fingerprint density at radius 2 is 1.96 bits per heavy atom. The molecule has 0 spiro atoms. The number of cyclic esters (lactones) is 1. The van der Waals surface area contributed by atoms with Crippen LogP contribution in [-0.4, -0.2) is 28.7 Å². The van der Waals surface area contributed by atoms with E-state index in [4.69, 9.17) is 4.74 Å². The summed E-state index contributed by atoms with van der Waals surface area (Å²) in [5.74, 6) is -0.205. The first-order chi connectivity index (χ1) is 12.0. The summed E-state index contributed by atoms with van der Waals surface area (Å²) >= 11 is 0. The standard InChI is InChI=1S/C18H21FN4O2/c1-11(2)14-10-25-18(24)23(14)16-9-15(19)21-17(22-16)20-12(3)13-7-5-4-6-8-13/h4-9,11-12,14H,10H2,1-3H3,(H,20,21,22). The van der Waals surface area contributed by atoms with Gasteiger partial charge in [0.2, 0.25) is 11.9 Å². The molecular formula is C18H21FN4O2. The molecule has 132 valence electrons. The van der Waals surface area contributed by atoms with Gasteiger partial charge in [0, 0.05) is 6.07 Å². The molecule has 1 aromatic carbocycles. The summed E-state index contributed by atoms with van der Waals surface area (Å²) in [6.07, 6.45) is -0.515. The summed E-state index contributed by atoms with van der Waals surface area (Å²) in [5, 5.41) is 3.08. The number of nitrogens with one attached hydrogen (secondary N) is 1. The van der Waals surface area contributed by atoms with Gasteiger partial charge in [-0.1, -0.05) is 44.2 Å². The number of carbonyl (C=O) groups excluding carboxylic acids is 1. The average molecular weight is 344 g/mol. The quantitative estimate of drug-likeness (QED) is 0.836. The Balaban J connectivity index is 1.87. The van der Waals surface area contributed by atoms with Gasteiger partial charge in [0.1, 0.15) is 12.4 Å². The first-order valence-corrected chi connectivity index (χ1v) is 8.27. The van der Waals surface area contributed by atoms with E-state index in [9.17, 15) is 9.18 Å². The molecule has 25 heavy (non-hydrogen) atoms. The van der Waals surface area contributed by atoms with Crippen molar-refractivity contribution in [3.8, 4) is 0 Å². The van der Waals surface area contributed by atoms with Gasteiger partial charge in [-0.15, -0.1) is 0 Å². The fourth-order valence-corrected chi connectivity index (χ4v) is 2.80. The van der Waals surface area contributed by atoms with Crippen molar-refractivity contribution in [2.75, 3.05) is 16.8 Å². The second-order valence-corrected chi connectivity index (χ2v) is 6.41. The van der Waals surface area contributed by atoms with Crippen LogP contribution in [0.4, 0.5) is 21.0 Å². The molecule has 1 aliphatic heterocycles. The summed E-state index contributed by atoms with van der Waals surface area (Å²) in [7, 11) is 0. The highest BCUT2D eigenvalue weighted by molar-refractivity contribution is 5.89. The Morgan fingerprint density at radius 1 is 1.24 bits per heavy atom. The predicted octanol–water partition coefficient (Wildman–Crippen LogP) is 3.77. The molecule has 2 unspecified atom stereocenters. The molecule has 0 radical (unpaired) electrons. The third-order valence-corrected chi connectivity index (χ3v) is 4.25. The van der Waals surface area contributed by atoms with Gasteiger partial charge >= 0.3 is 6.09 Å². The zero-order chi connectivity index (χ0) is 18.0. The van der Waals surface area contributed by atoms with Crippen molar-refractivity contribution in [3.63, 3.8) is 0 Å². The fourth-order valence-electron chi connectivity index (χ4n) is 2.80. The van der Waals surface area contributed by atoms with Crippen molar-refractivity contribution in [3.05, 3.63) is 47.9 Å². The average Bonchev–Trinajstić information content (AvgIpc) is 2.97. The molecular weight excluding hydrogens is 323 g/mol. The van der Waals surface area contributed by atoms with Gasteiger partial charge in [-0.25, -0.2) is 4.79 Å².